The van der Waals surface area contributed by atoms with Crippen molar-refractivity contribution in [2.24, 2.45) is 5.92 Å². The van der Waals surface area contributed by atoms with Gasteiger partial charge in [0.2, 0.25) is 0 Å². The minimum atomic E-state index is -4.29. The average Bonchev–Trinajstić information content (AvgIpc) is 2.65. The highest BCUT2D eigenvalue weighted by atomic mass is 35.5. The zero-order valence-electron chi connectivity index (χ0n) is 15.6. The van der Waals surface area contributed by atoms with Gasteiger partial charge in [-0.25, -0.2) is 0 Å². The maximum absolute atomic E-state index is 15.0. The lowest BCUT2D eigenvalue weighted by atomic mass is 9.88. The number of benzene rings is 2. The van der Waals surface area contributed by atoms with Crippen molar-refractivity contribution < 1.29 is 28.5 Å². The number of aliphatic hydroxyl groups excluding tert-OH is 2. The summed E-state index contributed by atoms with van der Waals surface area (Å²) < 4.78 is 34.5. The van der Waals surface area contributed by atoms with Gasteiger partial charge in [0.25, 0.3) is 0 Å². The standard InChI is InChI=1S/C20H16Cl4F2O4/c1-9(2)14(10-3-5-11(21)6-4-10)19(29)30-20(25,26)15-16(22)12(7-27)13(8-28)17(23)18(15)24/h3-9,14,27-28H,1-2H3. The molecule has 2 aromatic carbocycles. The van der Waals surface area contributed by atoms with Gasteiger partial charge >= 0.3 is 12.1 Å². The van der Waals surface area contributed by atoms with E-state index in [2.05, 4.69) is 4.74 Å². The molecule has 0 aliphatic carbocycles. The summed E-state index contributed by atoms with van der Waals surface area (Å²) in [5.41, 5.74) is -0.686. The molecule has 2 aromatic rings. The molecule has 0 bridgehead atoms. The van der Waals surface area contributed by atoms with Crippen LogP contribution in [0.1, 0.15) is 30.9 Å². The maximum atomic E-state index is 15.0. The van der Waals surface area contributed by atoms with E-state index in [4.69, 9.17) is 46.4 Å². The summed E-state index contributed by atoms with van der Waals surface area (Å²) in [6.07, 6.45) is -3.47. The SMILES string of the molecule is CC(C)C(C(=O)OC(F)(F)c1c(Cl)c(Cl)c(=CO)c(=CO)c1Cl)c1ccc(Cl)cc1. The van der Waals surface area contributed by atoms with Crippen molar-refractivity contribution in [2.45, 2.75) is 25.9 Å². The number of alkyl halides is 2. The molecule has 4 nitrogen and oxygen atoms in total. The van der Waals surface area contributed by atoms with Crippen molar-refractivity contribution in [3.63, 3.8) is 0 Å². The number of carbonyl (C=O) groups excluding carboxylic acids is 1. The summed E-state index contributed by atoms with van der Waals surface area (Å²) >= 11 is 23.7. The van der Waals surface area contributed by atoms with Gasteiger partial charge in [0.05, 0.1) is 33.5 Å². The Hall–Kier alpha value is -1.73. The van der Waals surface area contributed by atoms with Crippen LogP contribution in [-0.4, -0.2) is 16.2 Å². The molecule has 1 atom stereocenters. The Morgan fingerprint density at radius 1 is 0.967 bits per heavy atom. The van der Waals surface area contributed by atoms with Crippen LogP contribution in [0.3, 0.4) is 0 Å². The Labute approximate surface area is 190 Å². The first-order valence-electron chi connectivity index (χ1n) is 8.48. The van der Waals surface area contributed by atoms with Crippen molar-refractivity contribution in [1.29, 1.82) is 0 Å². The molecule has 0 heterocycles. The lowest BCUT2D eigenvalue weighted by Crippen LogP contribution is -2.34. The van der Waals surface area contributed by atoms with Gasteiger partial charge in [0.15, 0.2) is 0 Å². The molecule has 2 N–H and O–H groups in total. The molecule has 0 aromatic heterocycles. The van der Waals surface area contributed by atoms with Crippen molar-refractivity contribution in [2.75, 3.05) is 0 Å². The Balaban J connectivity index is 2.56. The third-order valence-electron chi connectivity index (χ3n) is 4.32. The largest absolute Gasteiger partial charge is 0.515 e. The maximum Gasteiger partial charge on any atom is 0.431 e. The van der Waals surface area contributed by atoms with E-state index in [1.54, 1.807) is 13.8 Å². The number of hydrogen-bond acceptors (Lipinski definition) is 4. The predicted molar refractivity (Wildman–Crippen MR) is 114 cm³/mol. The predicted octanol–water partition coefficient (Wildman–Crippen LogP) is 5.92. The van der Waals surface area contributed by atoms with Gasteiger partial charge in [0, 0.05) is 15.5 Å². The number of hydrogen-bond donors (Lipinski definition) is 2. The highest BCUT2D eigenvalue weighted by molar-refractivity contribution is 6.44. The molecule has 30 heavy (non-hydrogen) atoms. The smallest absolute Gasteiger partial charge is 0.431 e. The van der Waals surface area contributed by atoms with Crippen LogP contribution >= 0.6 is 46.4 Å². The highest BCUT2D eigenvalue weighted by Gasteiger charge is 2.44. The van der Waals surface area contributed by atoms with Gasteiger partial charge in [-0.2, -0.15) is 8.78 Å². The second-order valence-corrected chi connectivity index (χ2v) is 8.18. The summed E-state index contributed by atoms with van der Waals surface area (Å²) in [5, 5.41) is 16.3. The molecule has 0 radical (unpaired) electrons. The summed E-state index contributed by atoms with van der Waals surface area (Å²) in [6, 6.07) is 6.12. The molecule has 0 aliphatic heterocycles. The number of rotatable bonds is 5. The minimum Gasteiger partial charge on any atom is -0.515 e. The van der Waals surface area contributed by atoms with E-state index in [0.717, 1.165) is 0 Å². The van der Waals surface area contributed by atoms with E-state index >= 15 is 8.78 Å². The van der Waals surface area contributed by atoms with E-state index in [-0.39, 0.29) is 5.22 Å². The molecule has 0 saturated carbocycles. The Morgan fingerprint density at radius 2 is 1.47 bits per heavy atom. The number of carbonyl (C=O) groups is 1. The van der Waals surface area contributed by atoms with Crippen LogP contribution in [0.2, 0.25) is 20.1 Å². The Morgan fingerprint density at radius 3 is 1.93 bits per heavy atom. The van der Waals surface area contributed by atoms with E-state index in [0.29, 0.717) is 23.1 Å². The van der Waals surface area contributed by atoms with Crippen LogP contribution in [0.4, 0.5) is 8.78 Å². The minimum absolute atomic E-state index is 0.277. The topological polar surface area (TPSA) is 66.8 Å². The van der Waals surface area contributed by atoms with Gasteiger partial charge in [0.1, 0.15) is 5.56 Å². The van der Waals surface area contributed by atoms with Crippen molar-refractivity contribution in [3.8, 4) is 0 Å². The van der Waals surface area contributed by atoms with Crippen LogP contribution in [0.15, 0.2) is 24.3 Å². The summed E-state index contributed by atoms with van der Waals surface area (Å²) in [6.45, 7) is 3.33. The molecule has 0 amide bonds. The molecular formula is C20H16Cl4F2O4. The molecule has 10 heteroatoms. The fourth-order valence-electron chi connectivity index (χ4n) is 2.91. The van der Waals surface area contributed by atoms with Gasteiger partial charge in [-0.15, -0.1) is 0 Å². The van der Waals surface area contributed by atoms with E-state index in [1.807, 2.05) is 0 Å². The van der Waals surface area contributed by atoms with E-state index in [9.17, 15) is 15.0 Å². The molecule has 1 unspecified atom stereocenters. The Kier molecular flexibility index (Phi) is 7.85. The number of halogens is 6. The van der Waals surface area contributed by atoms with Crippen LogP contribution in [0.25, 0.3) is 12.5 Å². The van der Waals surface area contributed by atoms with Gasteiger partial charge in [-0.05, 0) is 23.6 Å². The van der Waals surface area contributed by atoms with E-state index < -0.39 is 49.8 Å². The Bertz CT molecular complexity index is 1070. The summed E-state index contributed by atoms with van der Waals surface area (Å²) in [5.74, 6) is -2.65. The molecule has 2 rings (SSSR count). The fourth-order valence-corrected chi connectivity index (χ4v) is 3.99. The first-order chi connectivity index (χ1) is 14.0. The summed E-state index contributed by atoms with van der Waals surface area (Å²) in [7, 11) is 0. The van der Waals surface area contributed by atoms with Gasteiger partial charge in [-0.1, -0.05) is 72.4 Å². The molecule has 0 spiro atoms. The van der Waals surface area contributed by atoms with Gasteiger partial charge < -0.3 is 14.9 Å². The van der Waals surface area contributed by atoms with Crippen LogP contribution < -0.4 is 10.4 Å². The first-order valence-corrected chi connectivity index (χ1v) is 9.99. The monoisotopic (exact) mass is 498 g/mol. The number of ether oxygens (including phenoxy) is 1. The van der Waals surface area contributed by atoms with E-state index in [1.165, 1.54) is 24.3 Å². The quantitative estimate of drug-likeness (QED) is 0.395. The third-order valence-corrected chi connectivity index (χ3v) is 5.83. The number of aliphatic hydroxyl groups is 2. The first kappa shape index (κ1) is 24.5. The molecule has 0 saturated heterocycles. The van der Waals surface area contributed by atoms with Crippen LogP contribution in [-0.2, 0) is 15.6 Å². The van der Waals surface area contributed by atoms with Crippen molar-refractivity contribution in [3.05, 3.63) is 65.9 Å². The lowest BCUT2D eigenvalue weighted by molar-refractivity contribution is -0.242. The second kappa shape index (κ2) is 9.60. The molecule has 0 aliphatic rings. The van der Waals surface area contributed by atoms with Gasteiger partial charge in [-0.3, -0.25) is 4.79 Å². The zero-order valence-corrected chi connectivity index (χ0v) is 18.6. The molecule has 0 fully saturated rings. The molecule has 162 valence electrons. The lowest BCUT2D eigenvalue weighted by Gasteiger charge is -2.25. The highest BCUT2D eigenvalue weighted by Crippen LogP contribution is 2.41. The second-order valence-electron chi connectivity index (χ2n) is 6.61. The summed E-state index contributed by atoms with van der Waals surface area (Å²) in [4.78, 5) is 12.7. The third kappa shape index (κ3) is 4.78. The van der Waals surface area contributed by atoms with Crippen molar-refractivity contribution >= 4 is 64.9 Å². The molecular weight excluding hydrogens is 484 g/mol. The average molecular weight is 500 g/mol. The van der Waals surface area contributed by atoms with Crippen LogP contribution in [0, 0.1) is 5.92 Å². The number of esters is 1. The van der Waals surface area contributed by atoms with Crippen molar-refractivity contribution in [1.82, 2.24) is 0 Å². The normalized spacial score (nSPS) is 14.3. The van der Waals surface area contributed by atoms with Crippen LogP contribution in [0.5, 0.6) is 0 Å². The zero-order chi connectivity index (χ0) is 22.8. The fraction of sp³-hybridized carbons (Fsp3) is 0.250.